The lowest BCUT2D eigenvalue weighted by Gasteiger charge is -2.37. The summed E-state index contributed by atoms with van der Waals surface area (Å²) in [5.41, 5.74) is 29.1. The number of fused-ring (bicyclic) bond motifs is 3. The molecule has 6 fully saturated rings. The van der Waals surface area contributed by atoms with Gasteiger partial charge in [0.15, 0.2) is 0 Å². The molecule has 1 saturated heterocycles. The van der Waals surface area contributed by atoms with Crippen molar-refractivity contribution in [3.8, 4) is 5.75 Å². The fourth-order valence-electron chi connectivity index (χ4n) is 21.7. The standard InChI is InChI=1S/C41H54.C38H50.C28H34N5O2P/c1-7-30-23-34(31-14-16-32(17-15-31)39-26-37-25-38(39)20-28(37)3)19-18-33(30)21-29-13-12-27(2)36(22-29)24-35-10-8-9-11-40(35)41(4,5)6;1-27-15-16-29(25-36(27)26-35-13-9-10-14-37(35)38(3,4)5)24-33-21-22-34(23-28(33)2)32-19-17-31(18-20-32)30-11-7-6-8-12-30;1-32-14-16-33(17-15-32)21-13-12-20(25(19-21)35-2)18-27-29-23-10-7-8-22(23)28(31-27)30-24-9-5-6-11-26(24)36(3,4)34/h8-13,18-19,22-23,28,31-32,37-39H,7,14-17,20-21,24-26H2,1-6H3;9-10,13-16,21-23,25,30-32H,6-8,11-12,17-20,24,26H2,1-5H3;5-9,11-13,19H,10,14-18H2,1-4H3,(H,29,30,31). The third-order valence-electron chi connectivity index (χ3n) is 28.6. The Hall–Kier alpha value is -7.83. The Kier molecular flexibility index (Phi) is 26.9. The first-order valence-electron chi connectivity index (χ1n) is 44.9. The van der Waals surface area contributed by atoms with Gasteiger partial charge in [0.05, 0.1) is 18.5 Å². The molecule has 6 aliphatic carbocycles. The van der Waals surface area contributed by atoms with Crippen LogP contribution < -0.4 is 20.3 Å². The van der Waals surface area contributed by atoms with Gasteiger partial charge in [0.2, 0.25) is 0 Å². The van der Waals surface area contributed by atoms with Crippen molar-refractivity contribution in [2.24, 2.45) is 41.4 Å². The molecule has 0 spiro atoms. The molecule has 9 aromatic rings. The summed E-state index contributed by atoms with van der Waals surface area (Å²) in [6.07, 6.45) is 34.3. The van der Waals surface area contributed by atoms with Crippen molar-refractivity contribution in [3.63, 3.8) is 0 Å². The summed E-state index contributed by atoms with van der Waals surface area (Å²) in [5, 5.41) is 4.29. The maximum atomic E-state index is 12.9. The highest BCUT2D eigenvalue weighted by Crippen LogP contribution is 2.57. The fourth-order valence-corrected chi connectivity index (χ4v) is 22.9. The van der Waals surface area contributed by atoms with Crippen LogP contribution in [0.15, 0.2) is 170 Å². The zero-order valence-corrected chi connectivity index (χ0v) is 74.0. The molecule has 1 N–H and O–H groups in total. The average molecular weight is 1560 g/mol. The molecule has 4 unspecified atom stereocenters. The molecule has 5 saturated carbocycles. The number of rotatable bonds is 20. The Morgan fingerprint density at radius 3 is 1.63 bits per heavy atom. The number of para-hydroxylation sites is 1. The second kappa shape index (κ2) is 37.0. The van der Waals surface area contributed by atoms with Crippen LogP contribution in [0.4, 0.5) is 17.2 Å². The number of hydrogen-bond donors (Lipinski definition) is 1. The van der Waals surface area contributed by atoms with Crippen molar-refractivity contribution in [2.75, 3.05) is 63.9 Å². The summed E-state index contributed by atoms with van der Waals surface area (Å²) < 4.78 is 18.7. The molecule has 8 heteroatoms. The topological polar surface area (TPSA) is 70.6 Å². The van der Waals surface area contributed by atoms with Crippen molar-refractivity contribution in [1.29, 1.82) is 0 Å². The number of nitrogens with zero attached hydrogens (tertiary/aromatic N) is 4. The minimum absolute atomic E-state index is 0.161. The number of aryl methyl sites for hydroxylation is 4. The van der Waals surface area contributed by atoms with Crippen molar-refractivity contribution in [2.45, 2.75) is 247 Å². The van der Waals surface area contributed by atoms with Crippen LogP contribution in [0.25, 0.3) is 6.08 Å². The maximum Gasteiger partial charge on any atom is 0.141 e. The van der Waals surface area contributed by atoms with Gasteiger partial charge in [0.25, 0.3) is 0 Å². The van der Waals surface area contributed by atoms with E-state index >= 15 is 0 Å². The molecule has 2 bridgehead atoms. The van der Waals surface area contributed by atoms with Gasteiger partial charge in [-0.3, -0.25) is 0 Å². The Labute approximate surface area is 694 Å². The van der Waals surface area contributed by atoms with Gasteiger partial charge in [-0.15, -0.1) is 0 Å². The van der Waals surface area contributed by atoms with Gasteiger partial charge in [-0.25, -0.2) is 9.97 Å². The number of allylic oxidation sites excluding steroid dienone is 1. The largest absolute Gasteiger partial charge is 0.496 e. The normalized spacial score (nSPS) is 21.8. The van der Waals surface area contributed by atoms with Gasteiger partial charge in [-0.2, -0.15) is 0 Å². The smallest absolute Gasteiger partial charge is 0.141 e. The van der Waals surface area contributed by atoms with Gasteiger partial charge in [0, 0.05) is 67.2 Å². The molecule has 16 rings (SSSR count). The monoisotopic (exact) mass is 1560 g/mol. The summed E-state index contributed by atoms with van der Waals surface area (Å²) in [7, 11) is 1.43. The number of hydrogen-bond acceptors (Lipinski definition) is 7. The second-order valence-electron chi connectivity index (χ2n) is 39.0. The number of methoxy groups -OCH3 is 1. The zero-order chi connectivity index (χ0) is 80.7. The third kappa shape index (κ3) is 20.7. The number of ether oxygens (including phenoxy) is 1. The van der Waals surface area contributed by atoms with Gasteiger partial charge in [-0.05, 0) is 315 Å². The van der Waals surface area contributed by atoms with Gasteiger partial charge in [-0.1, -0.05) is 239 Å². The molecule has 115 heavy (non-hydrogen) atoms. The van der Waals surface area contributed by atoms with Gasteiger partial charge < -0.3 is 24.4 Å². The van der Waals surface area contributed by atoms with Crippen LogP contribution in [0.5, 0.6) is 5.75 Å². The number of piperazine rings is 1. The molecule has 8 aromatic carbocycles. The molecule has 1 aromatic heterocycles. The maximum absolute atomic E-state index is 12.9. The van der Waals surface area contributed by atoms with E-state index in [4.69, 9.17) is 14.7 Å². The molecule has 608 valence electrons. The van der Waals surface area contributed by atoms with Gasteiger partial charge in [0.1, 0.15) is 24.5 Å². The molecule has 1 aliphatic heterocycles. The molecule has 7 aliphatic rings. The number of benzene rings is 8. The molecule has 7 nitrogen and oxygen atoms in total. The summed E-state index contributed by atoms with van der Waals surface area (Å²) in [6, 6.07) is 61.5. The Balaban J connectivity index is 0.000000143. The van der Waals surface area contributed by atoms with E-state index in [2.05, 4.69) is 250 Å². The van der Waals surface area contributed by atoms with E-state index in [1.807, 2.05) is 24.3 Å². The van der Waals surface area contributed by atoms with E-state index < -0.39 is 7.14 Å². The minimum atomic E-state index is -2.46. The van der Waals surface area contributed by atoms with Crippen LogP contribution in [0.3, 0.4) is 0 Å². The van der Waals surface area contributed by atoms with Crippen LogP contribution in [-0.2, 0) is 60.3 Å². The first-order chi connectivity index (χ1) is 55.3. The van der Waals surface area contributed by atoms with Crippen LogP contribution in [0, 0.1) is 62.2 Å². The van der Waals surface area contributed by atoms with Crippen LogP contribution in [-0.4, -0.2) is 68.5 Å². The lowest BCUT2D eigenvalue weighted by Crippen LogP contribution is -2.44. The van der Waals surface area contributed by atoms with E-state index in [1.165, 1.54) is 168 Å². The lowest BCUT2D eigenvalue weighted by molar-refractivity contribution is 0.152. The molecule has 4 atom stereocenters. The van der Waals surface area contributed by atoms with Crippen LogP contribution in [0.1, 0.15) is 282 Å². The quantitative estimate of drug-likeness (QED) is 0.0763. The first kappa shape index (κ1) is 83.7. The minimum Gasteiger partial charge on any atom is -0.496 e. The molecule has 2 heterocycles. The van der Waals surface area contributed by atoms with E-state index in [0.717, 1.165) is 163 Å². The number of anilines is 3. The third-order valence-corrected chi connectivity index (χ3v) is 30.1. The number of nitrogens with one attached hydrogen (secondary N) is 1. The molecular formula is C107H138N5O2P. The highest BCUT2D eigenvalue weighted by Gasteiger charge is 2.47. The van der Waals surface area contributed by atoms with Crippen LogP contribution >= 0.6 is 7.14 Å². The van der Waals surface area contributed by atoms with E-state index in [0.29, 0.717) is 6.42 Å². The molecular weight excluding hydrogens is 1420 g/mol. The summed E-state index contributed by atoms with van der Waals surface area (Å²) in [6.45, 7) is 33.4. The average Bonchev–Trinajstić information content (AvgIpc) is 1.61. The van der Waals surface area contributed by atoms with Crippen molar-refractivity contribution in [3.05, 3.63) is 282 Å². The van der Waals surface area contributed by atoms with Gasteiger partial charge >= 0.3 is 0 Å². The zero-order valence-electron chi connectivity index (χ0n) is 73.1. The predicted octanol–water partition coefficient (Wildman–Crippen LogP) is 26.0. The Morgan fingerprint density at radius 1 is 0.496 bits per heavy atom. The molecule has 0 amide bonds. The predicted molar refractivity (Wildman–Crippen MR) is 489 cm³/mol. The SMILES string of the molecule is CCc1cc(C2CCC(C3CC4CC3CC4C)CC2)ccc1Cc1ccc(C)c(Cc2ccccc2C(C)(C)C)c1.COc1cc(N2CCN(C)CC2)ccc1Cc1nc2c(c(Nc3ccccc3P(C)(C)=O)n1)C=CC2.Cc1cc(C2CCC(C3CCCCC3)CC2)ccc1Cc1ccc(C)c(Cc2ccccc2C(C)(C)C)c1. The second-order valence-corrected chi connectivity index (χ2v) is 42.2. The van der Waals surface area contributed by atoms with Crippen LogP contribution in [0.2, 0.25) is 0 Å². The number of likely N-dealkylation sites (N-methyl/N-ethyl adjacent to an activating group) is 1. The van der Waals surface area contributed by atoms with E-state index in [9.17, 15) is 4.57 Å². The van der Waals surface area contributed by atoms with E-state index in [-0.39, 0.29) is 10.8 Å². The first-order valence-corrected chi connectivity index (χ1v) is 47.5. The highest BCUT2D eigenvalue weighted by molar-refractivity contribution is 7.70. The Bertz CT molecular complexity index is 4880. The summed E-state index contributed by atoms with van der Waals surface area (Å²) in [4.78, 5) is 14.6. The van der Waals surface area contributed by atoms with Crippen molar-refractivity contribution in [1.82, 2.24) is 14.9 Å². The van der Waals surface area contributed by atoms with Crippen molar-refractivity contribution >= 4 is 35.7 Å². The summed E-state index contributed by atoms with van der Waals surface area (Å²) >= 11 is 0. The molecule has 0 radical (unpaired) electrons. The van der Waals surface area contributed by atoms with Crippen molar-refractivity contribution < 1.29 is 9.30 Å². The lowest BCUT2D eigenvalue weighted by atomic mass is 9.68. The highest BCUT2D eigenvalue weighted by atomic mass is 31.2. The summed E-state index contributed by atoms with van der Waals surface area (Å²) in [5.74, 6) is 11.2. The number of aromatic nitrogens is 2. The van der Waals surface area contributed by atoms with E-state index in [1.54, 1.807) is 50.0 Å². The fraction of sp³-hybridized carbons (Fsp3) is 0.495. The Morgan fingerprint density at radius 2 is 1.06 bits per heavy atom.